The standard InChI is InChI=1S/C6H11BO5/c7-4-2-3(9)6(1-8,12-4)5(10)11-2/h2-5,8-10H,1,7H2/t2-,3+,4-,5?,6-/m1/s1. The molecule has 0 radical (unpaired) electrons. The van der Waals surface area contributed by atoms with Gasteiger partial charge in [-0.05, 0) is 0 Å². The van der Waals surface area contributed by atoms with Crippen LogP contribution in [0.5, 0.6) is 0 Å². The van der Waals surface area contributed by atoms with Crippen LogP contribution in [-0.4, -0.2) is 59.9 Å². The van der Waals surface area contributed by atoms with Gasteiger partial charge in [-0.1, -0.05) is 0 Å². The molecule has 0 spiro atoms. The second-order valence-corrected chi connectivity index (χ2v) is 3.33. The van der Waals surface area contributed by atoms with E-state index in [1.807, 2.05) is 0 Å². The van der Waals surface area contributed by atoms with Gasteiger partial charge in [0.25, 0.3) is 0 Å². The Bertz CT molecular complexity index is 200. The van der Waals surface area contributed by atoms with E-state index < -0.39 is 30.7 Å². The van der Waals surface area contributed by atoms with Crippen molar-refractivity contribution in [2.45, 2.75) is 30.1 Å². The Kier molecular flexibility index (Phi) is 1.71. The first-order valence-electron chi connectivity index (χ1n) is 3.92. The first-order valence-corrected chi connectivity index (χ1v) is 3.92. The van der Waals surface area contributed by atoms with E-state index in [1.165, 1.54) is 0 Å². The first-order chi connectivity index (χ1) is 5.62. The summed E-state index contributed by atoms with van der Waals surface area (Å²) in [6, 6.07) is -0.282. The highest BCUT2D eigenvalue weighted by atomic mass is 16.7. The molecule has 2 aliphatic rings. The Morgan fingerprint density at radius 3 is 2.42 bits per heavy atom. The van der Waals surface area contributed by atoms with Gasteiger partial charge in [0.05, 0.1) is 12.6 Å². The molecule has 68 valence electrons. The lowest BCUT2D eigenvalue weighted by atomic mass is 9.92. The van der Waals surface area contributed by atoms with Crippen LogP contribution in [0.1, 0.15) is 0 Å². The molecule has 2 heterocycles. The fourth-order valence-corrected chi connectivity index (χ4v) is 1.88. The number of rotatable bonds is 1. The van der Waals surface area contributed by atoms with Crippen molar-refractivity contribution in [2.75, 3.05) is 6.61 Å². The average Bonchev–Trinajstić information content (AvgIpc) is 2.41. The van der Waals surface area contributed by atoms with Crippen molar-refractivity contribution in [3.8, 4) is 0 Å². The number of aliphatic hydroxyl groups excluding tert-OH is 3. The smallest absolute Gasteiger partial charge is 0.189 e. The van der Waals surface area contributed by atoms with Gasteiger partial charge in [-0.25, -0.2) is 0 Å². The van der Waals surface area contributed by atoms with Crippen molar-refractivity contribution < 1.29 is 24.8 Å². The van der Waals surface area contributed by atoms with Gasteiger partial charge in [0.15, 0.2) is 11.9 Å². The quantitative estimate of drug-likeness (QED) is 0.364. The Balaban J connectivity index is 2.30. The van der Waals surface area contributed by atoms with Crippen molar-refractivity contribution in [3.63, 3.8) is 0 Å². The Morgan fingerprint density at radius 1 is 1.42 bits per heavy atom. The third-order valence-electron chi connectivity index (χ3n) is 2.63. The molecule has 2 bridgehead atoms. The van der Waals surface area contributed by atoms with Crippen molar-refractivity contribution in [1.29, 1.82) is 0 Å². The van der Waals surface area contributed by atoms with E-state index in [9.17, 15) is 10.2 Å². The zero-order valence-corrected chi connectivity index (χ0v) is 6.67. The molecule has 5 nitrogen and oxygen atoms in total. The summed E-state index contributed by atoms with van der Waals surface area (Å²) < 4.78 is 10.2. The molecule has 2 fully saturated rings. The van der Waals surface area contributed by atoms with Crippen molar-refractivity contribution in [1.82, 2.24) is 0 Å². The van der Waals surface area contributed by atoms with Crippen LogP contribution in [0, 0.1) is 0 Å². The molecule has 5 atom stereocenters. The molecule has 2 rings (SSSR count). The zero-order chi connectivity index (χ0) is 8.93. The molecule has 0 aromatic rings. The maximum atomic E-state index is 9.55. The normalized spacial score (nSPS) is 57.9. The number of aliphatic hydroxyl groups is 3. The van der Waals surface area contributed by atoms with E-state index in [-0.39, 0.29) is 6.00 Å². The number of ether oxygens (including phenoxy) is 2. The molecule has 0 aliphatic carbocycles. The average molecular weight is 174 g/mol. The van der Waals surface area contributed by atoms with Crippen LogP contribution in [0.25, 0.3) is 0 Å². The fraction of sp³-hybridized carbons (Fsp3) is 1.00. The topological polar surface area (TPSA) is 79.2 Å². The SMILES string of the molecule is B[C@@H]1O[C@@]2(CO)C(O)O[C@@H]1[C@@H]2O. The Hall–Kier alpha value is -0.135. The van der Waals surface area contributed by atoms with Gasteiger partial charge in [-0.3, -0.25) is 0 Å². The van der Waals surface area contributed by atoms with Crippen LogP contribution < -0.4 is 0 Å². The minimum atomic E-state index is -1.32. The van der Waals surface area contributed by atoms with Gasteiger partial charge < -0.3 is 24.8 Å². The third kappa shape index (κ3) is 0.764. The highest BCUT2D eigenvalue weighted by Gasteiger charge is 2.64. The monoisotopic (exact) mass is 174 g/mol. The van der Waals surface area contributed by atoms with Crippen LogP contribution in [0.4, 0.5) is 0 Å². The Morgan fingerprint density at radius 2 is 2.08 bits per heavy atom. The maximum Gasteiger partial charge on any atom is 0.189 e. The minimum Gasteiger partial charge on any atom is -0.393 e. The van der Waals surface area contributed by atoms with Crippen LogP contribution in [0.15, 0.2) is 0 Å². The number of fused-ring (bicyclic) bond motifs is 2. The lowest BCUT2D eigenvalue weighted by molar-refractivity contribution is -0.252. The molecule has 1 unspecified atom stereocenters. The van der Waals surface area contributed by atoms with Gasteiger partial charge in [0, 0.05) is 0 Å². The van der Waals surface area contributed by atoms with E-state index in [4.69, 9.17) is 14.6 Å². The summed E-state index contributed by atoms with van der Waals surface area (Å²) in [5.41, 5.74) is -1.32. The minimum absolute atomic E-state index is 0.282. The Labute approximate surface area is 70.3 Å². The summed E-state index contributed by atoms with van der Waals surface area (Å²) in [5, 5.41) is 27.8. The number of hydrogen-bond donors (Lipinski definition) is 3. The van der Waals surface area contributed by atoms with Crippen LogP contribution in [-0.2, 0) is 9.47 Å². The summed E-state index contributed by atoms with van der Waals surface area (Å²) in [6.07, 6.45) is -2.68. The van der Waals surface area contributed by atoms with Gasteiger partial charge in [0.1, 0.15) is 20.1 Å². The molecule has 2 aliphatic heterocycles. The highest BCUT2D eigenvalue weighted by Crippen LogP contribution is 2.42. The van der Waals surface area contributed by atoms with Crippen LogP contribution >= 0.6 is 0 Å². The molecule has 3 N–H and O–H groups in total. The van der Waals surface area contributed by atoms with E-state index >= 15 is 0 Å². The molecule has 0 aromatic heterocycles. The molecule has 2 saturated heterocycles. The third-order valence-corrected chi connectivity index (χ3v) is 2.63. The van der Waals surface area contributed by atoms with E-state index in [1.54, 1.807) is 7.85 Å². The van der Waals surface area contributed by atoms with Gasteiger partial charge >= 0.3 is 0 Å². The van der Waals surface area contributed by atoms with Crippen molar-refractivity contribution in [2.24, 2.45) is 0 Å². The van der Waals surface area contributed by atoms with Gasteiger partial charge in [0.2, 0.25) is 0 Å². The molecule has 0 amide bonds. The molecule has 12 heavy (non-hydrogen) atoms. The molecular weight excluding hydrogens is 163 g/mol. The highest BCUT2D eigenvalue weighted by molar-refractivity contribution is 6.11. The van der Waals surface area contributed by atoms with Crippen LogP contribution in [0.2, 0.25) is 0 Å². The lowest BCUT2D eigenvalue weighted by Gasteiger charge is -2.31. The second-order valence-electron chi connectivity index (χ2n) is 3.33. The predicted octanol–water partition coefficient (Wildman–Crippen LogP) is -3.22. The van der Waals surface area contributed by atoms with Gasteiger partial charge in [-0.15, -0.1) is 0 Å². The summed E-state index contributed by atoms with van der Waals surface area (Å²) in [4.78, 5) is 0. The largest absolute Gasteiger partial charge is 0.393 e. The molecule has 0 aromatic carbocycles. The maximum absolute atomic E-state index is 9.55. The van der Waals surface area contributed by atoms with E-state index in [0.717, 1.165) is 0 Å². The van der Waals surface area contributed by atoms with Gasteiger partial charge in [-0.2, -0.15) is 0 Å². The first kappa shape index (κ1) is 8.46. The number of hydrogen-bond acceptors (Lipinski definition) is 5. The molecule has 0 saturated carbocycles. The summed E-state index contributed by atoms with van der Waals surface area (Å²) in [6.45, 7) is -0.434. The summed E-state index contributed by atoms with van der Waals surface area (Å²) >= 11 is 0. The fourth-order valence-electron chi connectivity index (χ4n) is 1.88. The zero-order valence-electron chi connectivity index (χ0n) is 6.67. The lowest BCUT2D eigenvalue weighted by Crippen LogP contribution is -2.51. The van der Waals surface area contributed by atoms with E-state index in [0.29, 0.717) is 0 Å². The second kappa shape index (κ2) is 2.43. The van der Waals surface area contributed by atoms with Crippen molar-refractivity contribution >= 4 is 7.85 Å². The summed E-state index contributed by atoms with van der Waals surface area (Å²) in [7, 11) is 1.73. The van der Waals surface area contributed by atoms with Crippen molar-refractivity contribution in [3.05, 3.63) is 0 Å². The van der Waals surface area contributed by atoms with E-state index in [2.05, 4.69) is 0 Å². The molecule has 6 heteroatoms. The summed E-state index contributed by atoms with van der Waals surface area (Å²) in [5.74, 6) is 0. The molecular formula is C6H11BO5. The predicted molar refractivity (Wildman–Crippen MR) is 40.1 cm³/mol. The van der Waals surface area contributed by atoms with Crippen LogP contribution in [0.3, 0.4) is 0 Å².